The Morgan fingerprint density at radius 2 is 1.23 bits per heavy atom. The zero-order valence-electron chi connectivity index (χ0n) is 26.2. The molecule has 8 heteroatoms. The molecule has 1 unspecified atom stereocenters. The van der Waals surface area contributed by atoms with E-state index in [1.807, 2.05) is 13.8 Å². The lowest BCUT2D eigenvalue weighted by atomic mass is 9.85. The number of allylic oxidation sites excluding steroid dienone is 2. The molecule has 0 aliphatic carbocycles. The molecule has 1 fully saturated rings. The molecule has 0 bridgehead atoms. The predicted molar refractivity (Wildman–Crippen MR) is 162 cm³/mol. The zero-order valence-corrected chi connectivity index (χ0v) is 26.2. The van der Waals surface area contributed by atoms with Crippen molar-refractivity contribution < 1.29 is 23.9 Å². The van der Waals surface area contributed by atoms with Crippen molar-refractivity contribution in [2.75, 3.05) is 26.2 Å². The van der Waals surface area contributed by atoms with Crippen LogP contribution in [0, 0.1) is 5.41 Å². The monoisotopic (exact) mass is 565 g/mol. The van der Waals surface area contributed by atoms with Crippen LogP contribution in [0.4, 0.5) is 0 Å². The van der Waals surface area contributed by atoms with E-state index in [1.165, 1.54) is 64.2 Å². The Kier molecular flexibility index (Phi) is 18.8. The van der Waals surface area contributed by atoms with Crippen molar-refractivity contribution in [1.29, 1.82) is 0 Å². The highest BCUT2D eigenvalue weighted by molar-refractivity contribution is 5.83. The minimum Gasteiger partial charge on any atom is -0.354 e. The smallest absolute Gasteiger partial charge is 0.249 e. The van der Waals surface area contributed by atoms with Crippen LogP contribution in [0.3, 0.4) is 0 Å². The van der Waals surface area contributed by atoms with Crippen LogP contribution in [-0.2, 0) is 23.9 Å². The van der Waals surface area contributed by atoms with Gasteiger partial charge in [0.2, 0.25) is 17.7 Å². The molecule has 1 aliphatic heterocycles. The Hall–Kier alpha value is -1.93. The number of nitrogens with one attached hydrogen (secondary N) is 3. The average molecular weight is 566 g/mol. The van der Waals surface area contributed by atoms with Crippen molar-refractivity contribution in [2.45, 2.75) is 143 Å². The third-order valence-electron chi connectivity index (χ3n) is 7.23. The summed E-state index contributed by atoms with van der Waals surface area (Å²) in [6.45, 7) is 11.1. The molecule has 40 heavy (non-hydrogen) atoms. The van der Waals surface area contributed by atoms with Crippen LogP contribution in [0.25, 0.3) is 0 Å². The zero-order chi connectivity index (χ0) is 29.7. The van der Waals surface area contributed by atoms with Crippen LogP contribution in [-0.4, -0.2) is 55.9 Å². The third kappa shape index (κ3) is 17.7. The Labute approximate surface area is 244 Å². The largest absolute Gasteiger partial charge is 0.354 e. The van der Waals surface area contributed by atoms with E-state index in [0.717, 1.165) is 19.3 Å². The third-order valence-corrected chi connectivity index (χ3v) is 7.23. The fraction of sp³-hybridized carbons (Fsp3) is 0.844. The molecule has 0 saturated carbocycles. The van der Waals surface area contributed by atoms with Gasteiger partial charge >= 0.3 is 0 Å². The van der Waals surface area contributed by atoms with Crippen molar-refractivity contribution in [3.8, 4) is 0 Å². The number of ether oxygens (including phenoxy) is 2. The maximum Gasteiger partial charge on any atom is 0.249 e. The van der Waals surface area contributed by atoms with Crippen LogP contribution < -0.4 is 16.0 Å². The number of carbonyl (C=O) groups is 3. The molecule has 0 spiro atoms. The minimum atomic E-state index is -0.816. The first-order valence-electron chi connectivity index (χ1n) is 15.9. The molecule has 1 saturated heterocycles. The van der Waals surface area contributed by atoms with Crippen molar-refractivity contribution in [3.63, 3.8) is 0 Å². The van der Waals surface area contributed by atoms with Gasteiger partial charge in [-0.15, -0.1) is 0 Å². The summed E-state index contributed by atoms with van der Waals surface area (Å²) in [5.74, 6) is -1.19. The summed E-state index contributed by atoms with van der Waals surface area (Å²) in [4.78, 5) is 36.7. The van der Waals surface area contributed by atoms with Crippen LogP contribution in [0.2, 0.25) is 0 Å². The normalized spacial score (nSPS) is 18.0. The summed E-state index contributed by atoms with van der Waals surface area (Å²) in [5, 5.41) is 8.44. The van der Waals surface area contributed by atoms with Crippen LogP contribution in [0.15, 0.2) is 12.2 Å². The Morgan fingerprint density at radius 3 is 1.82 bits per heavy atom. The maximum absolute atomic E-state index is 12.6. The van der Waals surface area contributed by atoms with Gasteiger partial charge in [-0.2, -0.15) is 0 Å². The molecule has 232 valence electrons. The van der Waals surface area contributed by atoms with Gasteiger partial charge in [0.1, 0.15) is 6.10 Å². The Morgan fingerprint density at radius 1 is 0.700 bits per heavy atom. The Balaban J connectivity index is 1.95. The molecule has 1 atom stereocenters. The summed E-state index contributed by atoms with van der Waals surface area (Å²) in [7, 11) is 0. The van der Waals surface area contributed by atoms with E-state index in [4.69, 9.17) is 9.47 Å². The number of rotatable bonds is 22. The number of hydrogen-bond acceptors (Lipinski definition) is 5. The SMILES string of the molecule is CCCCCCCC/C=C\CCCCCCCC(=O)NCCNC(=O)CCNC(=O)C1OC(C)(C)OCC1(C)C. The van der Waals surface area contributed by atoms with Gasteiger partial charge in [0, 0.05) is 37.9 Å². The van der Waals surface area contributed by atoms with Crippen molar-refractivity contribution in [2.24, 2.45) is 5.41 Å². The summed E-state index contributed by atoms with van der Waals surface area (Å²) >= 11 is 0. The first kappa shape index (κ1) is 36.1. The van der Waals surface area contributed by atoms with Gasteiger partial charge in [-0.1, -0.05) is 84.3 Å². The second-order valence-electron chi connectivity index (χ2n) is 12.3. The highest BCUT2D eigenvalue weighted by atomic mass is 16.7. The summed E-state index contributed by atoms with van der Waals surface area (Å²) in [6.07, 6.45) is 20.8. The first-order chi connectivity index (χ1) is 19.1. The molecular formula is C32H59N3O5. The predicted octanol–water partition coefficient (Wildman–Crippen LogP) is 5.94. The molecule has 1 rings (SSSR count). The van der Waals surface area contributed by atoms with Crippen LogP contribution >= 0.6 is 0 Å². The highest BCUT2D eigenvalue weighted by Gasteiger charge is 2.45. The van der Waals surface area contributed by atoms with Crippen LogP contribution in [0.5, 0.6) is 0 Å². The van der Waals surface area contributed by atoms with E-state index in [0.29, 0.717) is 26.1 Å². The van der Waals surface area contributed by atoms with Crippen molar-refractivity contribution in [3.05, 3.63) is 12.2 Å². The minimum absolute atomic E-state index is 0.0288. The van der Waals surface area contributed by atoms with Gasteiger partial charge in [-0.05, 0) is 46.0 Å². The van der Waals surface area contributed by atoms with E-state index >= 15 is 0 Å². The molecular weight excluding hydrogens is 506 g/mol. The van der Waals surface area contributed by atoms with Gasteiger partial charge in [-0.3, -0.25) is 14.4 Å². The highest BCUT2D eigenvalue weighted by Crippen LogP contribution is 2.34. The molecule has 1 aliphatic rings. The standard InChI is InChI=1S/C32H59N3O5/c1-6-7-8-9-10-11-12-13-14-15-16-17-18-19-20-21-27(36)33-24-25-34-28(37)22-23-35-30(38)29-31(2,3)26-39-32(4,5)40-29/h13-14,29H,6-12,15-26H2,1-5H3,(H,33,36)(H,34,37)(H,35,38)/b14-13-. The number of unbranched alkanes of at least 4 members (excludes halogenated alkanes) is 11. The topological polar surface area (TPSA) is 106 Å². The molecule has 0 aromatic heterocycles. The second kappa shape index (κ2) is 20.9. The molecule has 1 heterocycles. The van der Waals surface area contributed by atoms with Gasteiger partial charge in [0.15, 0.2) is 5.79 Å². The Bertz CT molecular complexity index is 751. The summed E-state index contributed by atoms with van der Waals surface area (Å²) in [5.41, 5.74) is -0.454. The van der Waals surface area contributed by atoms with E-state index in [1.54, 1.807) is 13.8 Å². The molecule has 0 aromatic rings. The van der Waals surface area contributed by atoms with Crippen molar-refractivity contribution >= 4 is 17.7 Å². The van der Waals surface area contributed by atoms with Crippen LogP contribution in [0.1, 0.15) is 131 Å². The van der Waals surface area contributed by atoms with Gasteiger partial charge < -0.3 is 25.4 Å². The first-order valence-corrected chi connectivity index (χ1v) is 15.9. The van der Waals surface area contributed by atoms with E-state index in [2.05, 4.69) is 35.0 Å². The van der Waals surface area contributed by atoms with Gasteiger partial charge in [0.25, 0.3) is 0 Å². The summed E-state index contributed by atoms with van der Waals surface area (Å²) < 4.78 is 11.5. The second-order valence-corrected chi connectivity index (χ2v) is 12.3. The fourth-order valence-corrected chi connectivity index (χ4v) is 4.65. The van der Waals surface area contributed by atoms with Gasteiger partial charge in [0.05, 0.1) is 6.61 Å². The lowest BCUT2D eigenvalue weighted by Crippen LogP contribution is -2.56. The van der Waals surface area contributed by atoms with Crippen molar-refractivity contribution in [1.82, 2.24) is 16.0 Å². The molecule has 3 N–H and O–H groups in total. The van der Waals surface area contributed by atoms with Gasteiger partial charge in [-0.25, -0.2) is 0 Å². The quantitative estimate of drug-likeness (QED) is 0.111. The van der Waals surface area contributed by atoms with E-state index in [-0.39, 0.29) is 30.7 Å². The van der Waals surface area contributed by atoms with E-state index < -0.39 is 17.3 Å². The molecule has 3 amide bonds. The fourth-order valence-electron chi connectivity index (χ4n) is 4.65. The lowest BCUT2D eigenvalue weighted by molar-refractivity contribution is -0.304. The lowest BCUT2D eigenvalue weighted by Gasteiger charge is -2.44. The molecule has 0 aromatic carbocycles. The molecule has 0 radical (unpaired) electrons. The van der Waals surface area contributed by atoms with E-state index in [9.17, 15) is 14.4 Å². The number of carbonyl (C=O) groups excluding carboxylic acids is 3. The summed E-state index contributed by atoms with van der Waals surface area (Å²) in [6, 6.07) is 0. The maximum atomic E-state index is 12.6. The number of amides is 3. The number of hydrogen-bond donors (Lipinski definition) is 3. The molecule has 8 nitrogen and oxygen atoms in total. The average Bonchev–Trinajstić information content (AvgIpc) is 2.90.